The first-order chi connectivity index (χ1) is 37.6. The van der Waals surface area contributed by atoms with Crippen molar-refractivity contribution < 1.29 is 73.2 Å². The summed E-state index contributed by atoms with van der Waals surface area (Å²) >= 11 is 3.14. The summed E-state index contributed by atoms with van der Waals surface area (Å²) in [5.41, 5.74) is -4.24. The maximum absolute atomic E-state index is 15.8. The molecule has 6 aliphatic rings. The van der Waals surface area contributed by atoms with E-state index in [-0.39, 0.29) is 102 Å². The monoisotopic (exact) mass is 1210 g/mol. The molecule has 25 heteroatoms. The quantitative estimate of drug-likeness (QED) is 0.0819. The van der Waals surface area contributed by atoms with E-state index in [0.717, 1.165) is 12.1 Å². The van der Waals surface area contributed by atoms with Crippen molar-refractivity contribution in [2.75, 3.05) is 44.3 Å². The Balaban J connectivity index is 0.000000177. The van der Waals surface area contributed by atoms with Gasteiger partial charge in [0.25, 0.3) is 11.8 Å². The van der Waals surface area contributed by atoms with Crippen LogP contribution in [0.1, 0.15) is 138 Å². The molecule has 2 aromatic carbocycles. The maximum Gasteiger partial charge on any atom is 0.408 e. The highest BCUT2D eigenvalue weighted by Gasteiger charge is 2.65. The van der Waals surface area contributed by atoms with Gasteiger partial charge in [-0.15, -0.1) is 0 Å². The Hall–Kier alpha value is -5.98. The summed E-state index contributed by atoms with van der Waals surface area (Å²) in [6, 6.07) is 0.914. The van der Waals surface area contributed by atoms with Crippen LogP contribution < -0.4 is 31.7 Å². The summed E-state index contributed by atoms with van der Waals surface area (Å²) < 4.78 is 139. The number of nitrogens with zero attached hydrogens (tertiary/aromatic N) is 3. The van der Waals surface area contributed by atoms with Gasteiger partial charge in [-0.1, -0.05) is 0 Å². The average molecular weight is 1220 g/mol. The van der Waals surface area contributed by atoms with Crippen LogP contribution >= 0.6 is 15.9 Å². The van der Waals surface area contributed by atoms with Crippen LogP contribution in [0.15, 0.2) is 38.6 Å². The molecular weight excluding hydrogens is 1150 g/mol. The van der Waals surface area contributed by atoms with Gasteiger partial charge in [-0.3, -0.25) is 9.59 Å². The van der Waals surface area contributed by atoms with Crippen LogP contribution in [0.25, 0.3) is 21.8 Å². The van der Waals surface area contributed by atoms with E-state index in [1.165, 1.54) is 28.8 Å². The number of rotatable bonds is 9. The van der Waals surface area contributed by atoms with Crippen molar-refractivity contribution in [3.8, 4) is 0 Å². The number of hydrogen-bond acceptors (Lipinski definition) is 12. The Kier molecular flexibility index (Phi) is 16.6. The lowest BCUT2D eigenvalue weighted by molar-refractivity contribution is -0.0426. The lowest BCUT2D eigenvalue weighted by Gasteiger charge is -2.32. The van der Waals surface area contributed by atoms with E-state index in [1.807, 2.05) is 0 Å². The van der Waals surface area contributed by atoms with Gasteiger partial charge in [0, 0.05) is 75.0 Å². The molecule has 2 aliphatic heterocycles. The van der Waals surface area contributed by atoms with E-state index in [9.17, 15) is 50.7 Å². The molecule has 0 radical (unpaired) electrons. The minimum Gasteiger partial charge on any atom is -0.462 e. The van der Waals surface area contributed by atoms with Crippen molar-refractivity contribution in [2.45, 2.75) is 166 Å². The number of alkyl carbamates (subject to hydrolysis) is 2. The van der Waals surface area contributed by atoms with Gasteiger partial charge < -0.3 is 48.9 Å². The predicted molar refractivity (Wildman–Crippen MR) is 287 cm³/mol. The molecule has 2 amide bonds. The van der Waals surface area contributed by atoms with Crippen molar-refractivity contribution in [1.82, 2.24) is 25.1 Å². The van der Waals surface area contributed by atoms with E-state index in [0.29, 0.717) is 24.0 Å². The van der Waals surface area contributed by atoms with Gasteiger partial charge in [-0.2, -0.15) is 0 Å². The molecule has 0 unspecified atom stereocenters. The first-order valence-electron chi connectivity index (χ1n) is 26.9. The Morgan fingerprint density at radius 1 is 0.691 bits per heavy atom. The number of carbonyl (C=O) groups is 4. The molecule has 10 rings (SSSR count). The van der Waals surface area contributed by atoms with E-state index >= 15 is 13.2 Å². The molecule has 4 aromatic rings. The average Bonchev–Trinajstić information content (AvgIpc) is 4.06. The Morgan fingerprint density at radius 3 is 1.58 bits per heavy atom. The third-order valence-electron chi connectivity index (χ3n) is 15.6. The van der Waals surface area contributed by atoms with Gasteiger partial charge in [0.15, 0.2) is 0 Å². The largest absolute Gasteiger partial charge is 0.462 e. The highest BCUT2D eigenvalue weighted by Crippen LogP contribution is 2.53. The van der Waals surface area contributed by atoms with Crippen LogP contribution in [0, 0.1) is 37.3 Å². The number of pyridine rings is 2. The smallest absolute Gasteiger partial charge is 0.408 e. The standard InChI is InChI=1S/C28H33F4N3O5.C16H14BrF2NO3.C12H20F2N2O2/c1-6-39-24(37)16-11-35(19-10-17(19)29)21-14(2)22(18(30)9-15(21)23(16)36)34-12-20-27(13-34,7-8-28(20,31)32)33-25(38)40-26(3,4)5;1-3-23-16(22)9-6-20(12-5-10(12)18)14-7(2)13(17)11(19)4-8(14)15(9)21;1-10(2,3)18-9(17)16-11-4-5-12(13,14)8(11)6-15-7-11/h9,11,17,19-20H,6-8,10,12-13H2,1-5H3,(H,33,38);4,6,10,12H,3,5H2,1-2H3;8,15H,4-7H2,1-3H3,(H,16,17)/t17-,19+,20+,27+;10-,12+;8-,11-/m001/s1. The fraction of sp³-hybridized carbons (Fsp3) is 0.607. The van der Waals surface area contributed by atoms with Crippen LogP contribution in [0.2, 0.25) is 0 Å². The number of benzene rings is 2. The van der Waals surface area contributed by atoms with Gasteiger partial charge in [-0.05, 0) is 121 Å². The van der Waals surface area contributed by atoms with Crippen LogP contribution in [-0.2, 0) is 18.9 Å². The summed E-state index contributed by atoms with van der Waals surface area (Å²) in [5.74, 6) is -11.1. The number of ether oxygens (including phenoxy) is 4. The van der Waals surface area contributed by atoms with Crippen molar-refractivity contribution in [3.63, 3.8) is 0 Å². The van der Waals surface area contributed by atoms with Gasteiger partial charge in [0.2, 0.25) is 10.9 Å². The Labute approximate surface area is 470 Å². The molecule has 4 saturated carbocycles. The van der Waals surface area contributed by atoms with Gasteiger partial charge in [0.05, 0.1) is 69.4 Å². The van der Waals surface area contributed by atoms with Gasteiger partial charge in [0.1, 0.15) is 46.3 Å². The van der Waals surface area contributed by atoms with Crippen molar-refractivity contribution in [2.24, 2.45) is 11.8 Å². The van der Waals surface area contributed by atoms with Gasteiger partial charge >= 0.3 is 24.1 Å². The summed E-state index contributed by atoms with van der Waals surface area (Å²) in [7, 11) is 0. The molecule has 0 bridgehead atoms. The van der Waals surface area contributed by atoms with Crippen LogP contribution in [0.3, 0.4) is 0 Å². The fourth-order valence-electron chi connectivity index (χ4n) is 11.8. The molecule has 6 fully saturated rings. The number of aromatic nitrogens is 2. The minimum absolute atomic E-state index is 0.0116. The first-order valence-corrected chi connectivity index (χ1v) is 27.7. The molecule has 8 atom stereocenters. The summed E-state index contributed by atoms with van der Waals surface area (Å²) in [6.45, 7) is 17.0. The lowest BCUT2D eigenvalue weighted by atomic mass is 9.89. The molecule has 2 saturated heterocycles. The number of alkyl halides is 6. The Morgan fingerprint density at radius 2 is 1.12 bits per heavy atom. The summed E-state index contributed by atoms with van der Waals surface area (Å²) in [4.78, 5) is 76.1. The second kappa shape index (κ2) is 22.0. The second-order valence-corrected chi connectivity index (χ2v) is 24.6. The zero-order chi connectivity index (χ0) is 59.9. The number of aryl methyl sites for hydroxylation is 2. The molecule has 2 aromatic heterocycles. The van der Waals surface area contributed by atoms with Crippen molar-refractivity contribution in [3.05, 3.63) is 83.3 Å². The van der Waals surface area contributed by atoms with E-state index < -0.39 is 123 Å². The number of fused-ring (bicyclic) bond motifs is 4. The number of carbonyl (C=O) groups excluding carboxylic acids is 4. The van der Waals surface area contributed by atoms with Crippen LogP contribution in [-0.4, -0.2) is 119 Å². The van der Waals surface area contributed by atoms with Crippen LogP contribution in [0.5, 0.6) is 0 Å². The lowest BCUT2D eigenvalue weighted by Crippen LogP contribution is -2.54. The third kappa shape index (κ3) is 12.1. The molecule has 3 N–H and O–H groups in total. The molecule has 444 valence electrons. The summed E-state index contributed by atoms with van der Waals surface area (Å²) in [6.07, 6.45) is -1.06. The highest BCUT2D eigenvalue weighted by atomic mass is 79.9. The number of nitrogens with one attached hydrogen (secondary N) is 3. The number of esters is 2. The van der Waals surface area contributed by atoms with E-state index in [4.69, 9.17) is 18.9 Å². The summed E-state index contributed by atoms with van der Waals surface area (Å²) in [5, 5.41) is 8.19. The maximum atomic E-state index is 15.8. The Bertz CT molecular complexity index is 3310. The SMILES string of the molecule is CC(C)(C)OC(=O)N[C@@]12CCC(F)(F)[C@@H]1CNC2.CCOC(=O)c1cn([C@@H]2C[C@@H]2F)c2c(C)c(Br)c(F)cc2c1=O.CCOC(=O)c1cn([C@@H]2C[C@@H]2F)c2c(C)c(N3C[C@H]4C(F)(F)CC[C@@]4(NC(=O)OC(C)(C)C)C3)c(F)cc2c1=O. The van der Waals surface area contributed by atoms with E-state index in [2.05, 4.69) is 31.9 Å². The second-order valence-electron chi connectivity index (χ2n) is 23.8. The van der Waals surface area contributed by atoms with Gasteiger partial charge in [-0.25, -0.2) is 54.3 Å². The minimum atomic E-state index is -3.11. The van der Waals surface area contributed by atoms with Crippen LogP contribution in [0.4, 0.5) is 50.4 Å². The highest BCUT2D eigenvalue weighted by molar-refractivity contribution is 9.10. The molecule has 4 aliphatic carbocycles. The zero-order valence-electron chi connectivity index (χ0n) is 46.6. The third-order valence-corrected chi connectivity index (χ3v) is 16.6. The zero-order valence-corrected chi connectivity index (χ0v) is 48.2. The number of amides is 2. The normalized spacial score (nSPS) is 26.6. The molecule has 81 heavy (non-hydrogen) atoms. The first kappa shape index (κ1) is 61.1. The fourth-order valence-corrected chi connectivity index (χ4v) is 12.1. The molecule has 16 nitrogen and oxygen atoms in total. The topological polar surface area (TPSA) is 189 Å². The number of anilines is 1. The molecular formula is C56H67BrF8N6O10. The number of hydrogen-bond donors (Lipinski definition) is 3. The number of halogens is 9. The van der Waals surface area contributed by atoms with Crippen molar-refractivity contribution in [1.29, 1.82) is 0 Å². The van der Waals surface area contributed by atoms with E-state index in [1.54, 1.807) is 66.9 Å². The predicted octanol–water partition coefficient (Wildman–Crippen LogP) is 10.6. The molecule has 4 heterocycles. The molecule has 0 spiro atoms. The van der Waals surface area contributed by atoms with Crippen molar-refractivity contribution >= 4 is 67.5 Å².